The number of nitrogens with zero attached hydrogens (tertiary/aromatic N) is 3. The summed E-state index contributed by atoms with van der Waals surface area (Å²) in [6.45, 7) is 0. The van der Waals surface area contributed by atoms with Crippen LogP contribution in [-0.2, 0) is 4.79 Å². The first-order chi connectivity index (χ1) is 10.7. The lowest BCUT2D eigenvalue weighted by Gasteiger charge is -2.25. The molecule has 22 heavy (non-hydrogen) atoms. The number of hydrogen-bond acceptors (Lipinski definition) is 5. The predicted octanol–water partition coefficient (Wildman–Crippen LogP) is 1.10. The molecule has 0 bridgehead atoms. The van der Waals surface area contributed by atoms with Crippen LogP contribution in [0.5, 0.6) is 0 Å². The Morgan fingerprint density at radius 1 is 1.27 bits per heavy atom. The third kappa shape index (κ3) is 1.93. The minimum Gasteiger partial charge on any atom is -0.366 e. The van der Waals surface area contributed by atoms with Gasteiger partial charge in [0.15, 0.2) is 0 Å². The van der Waals surface area contributed by atoms with Crippen molar-refractivity contribution in [2.75, 3.05) is 0 Å². The molecule has 108 valence electrons. The fourth-order valence-electron chi connectivity index (χ4n) is 2.63. The molecule has 4 rings (SSSR count). The normalized spacial score (nSPS) is 19.5. The molecular weight excluding hydrogens is 278 g/mol. The molecule has 0 radical (unpaired) electrons. The van der Waals surface area contributed by atoms with Crippen molar-refractivity contribution in [3.63, 3.8) is 0 Å². The van der Waals surface area contributed by atoms with Crippen LogP contribution in [-0.4, -0.2) is 26.9 Å². The van der Waals surface area contributed by atoms with Gasteiger partial charge < -0.3 is 16.0 Å². The maximum absolute atomic E-state index is 11.5. The highest BCUT2D eigenvalue weighted by Gasteiger charge is 2.31. The van der Waals surface area contributed by atoms with Crippen LogP contribution >= 0.6 is 0 Å². The molecule has 3 heterocycles. The van der Waals surface area contributed by atoms with Crippen LogP contribution in [0.3, 0.4) is 0 Å². The summed E-state index contributed by atoms with van der Waals surface area (Å²) in [6, 6.07) is 7.70. The van der Waals surface area contributed by atoms with E-state index in [0.29, 0.717) is 5.57 Å². The lowest BCUT2D eigenvalue weighted by molar-refractivity contribution is -0.115. The summed E-state index contributed by atoms with van der Waals surface area (Å²) >= 11 is 0. The fraction of sp³-hybridized carbons (Fsp3) is 0.0625. The summed E-state index contributed by atoms with van der Waals surface area (Å²) in [4.78, 5) is 22.4. The summed E-state index contributed by atoms with van der Waals surface area (Å²) in [6.07, 6.45) is 8.73. The molecule has 2 aliphatic rings. The molecule has 6 heteroatoms. The summed E-state index contributed by atoms with van der Waals surface area (Å²) in [5, 5.41) is 3.27. The Hall–Kier alpha value is -3.15. The summed E-state index contributed by atoms with van der Waals surface area (Å²) in [5.74, 6) is -0.439. The van der Waals surface area contributed by atoms with Crippen LogP contribution in [0.15, 0.2) is 60.6 Å². The smallest absolute Gasteiger partial charge is 0.248 e. The number of nitrogens with two attached hydrogens (primary N) is 1. The Balaban J connectivity index is 1.70. The second-order valence-electron chi connectivity index (χ2n) is 5.11. The molecule has 0 spiro atoms. The maximum atomic E-state index is 11.5. The van der Waals surface area contributed by atoms with Crippen LogP contribution in [0.2, 0.25) is 0 Å². The van der Waals surface area contributed by atoms with Crippen molar-refractivity contribution in [1.29, 1.82) is 0 Å². The topological polar surface area (TPSA) is 84.1 Å². The average Bonchev–Trinajstić information content (AvgIpc) is 2.98. The van der Waals surface area contributed by atoms with E-state index in [0.717, 1.165) is 22.4 Å². The molecule has 0 aliphatic carbocycles. The van der Waals surface area contributed by atoms with E-state index in [2.05, 4.69) is 15.3 Å². The van der Waals surface area contributed by atoms with Gasteiger partial charge in [0.1, 0.15) is 11.9 Å². The predicted molar refractivity (Wildman–Crippen MR) is 82.7 cm³/mol. The van der Waals surface area contributed by atoms with Crippen molar-refractivity contribution in [3.8, 4) is 0 Å². The number of aromatic nitrogens is 2. The van der Waals surface area contributed by atoms with Gasteiger partial charge in [0, 0.05) is 12.4 Å². The van der Waals surface area contributed by atoms with Crippen LogP contribution < -0.4 is 11.1 Å². The molecule has 1 amide bonds. The quantitative estimate of drug-likeness (QED) is 0.865. The molecule has 1 atom stereocenters. The number of rotatable bonds is 2. The van der Waals surface area contributed by atoms with Crippen LogP contribution in [0.4, 0.5) is 0 Å². The summed E-state index contributed by atoms with van der Waals surface area (Å²) < 4.78 is 0. The number of hydrogen-bond donors (Lipinski definition) is 2. The third-order valence-corrected chi connectivity index (χ3v) is 3.71. The van der Waals surface area contributed by atoms with Gasteiger partial charge in [-0.3, -0.25) is 9.78 Å². The summed E-state index contributed by atoms with van der Waals surface area (Å²) in [5.41, 5.74) is 9.15. The van der Waals surface area contributed by atoms with E-state index < -0.39 is 5.91 Å². The Morgan fingerprint density at radius 2 is 2.09 bits per heavy atom. The molecule has 1 unspecified atom stereocenters. The molecule has 1 aromatic heterocycles. The third-order valence-electron chi connectivity index (χ3n) is 3.71. The zero-order valence-electron chi connectivity index (χ0n) is 11.6. The number of carbonyl (C=O) groups is 1. The number of primary amides is 1. The molecule has 0 saturated heterocycles. The highest BCUT2D eigenvalue weighted by molar-refractivity contribution is 5.94. The fourth-order valence-corrected chi connectivity index (χ4v) is 2.63. The molecule has 3 N–H and O–H groups in total. The molecule has 0 fully saturated rings. The van der Waals surface area contributed by atoms with Gasteiger partial charge in [-0.2, -0.15) is 0 Å². The molecule has 6 nitrogen and oxygen atoms in total. The van der Waals surface area contributed by atoms with E-state index in [1.807, 2.05) is 41.6 Å². The van der Waals surface area contributed by atoms with Crippen LogP contribution in [0.25, 0.3) is 16.7 Å². The first-order valence-corrected chi connectivity index (χ1v) is 6.88. The Bertz CT molecular complexity index is 868. The SMILES string of the molecule is NC(=O)C1=CC=CN2C=C(c3cnc4ccccc4n3)NC12. The number of para-hydroxylation sites is 2. The van der Waals surface area contributed by atoms with Crippen LogP contribution in [0.1, 0.15) is 5.69 Å². The summed E-state index contributed by atoms with van der Waals surface area (Å²) in [7, 11) is 0. The Morgan fingerprint density at radius 3 is 2.91 bits per heavy atom. The van der Waals surface area contributed by atoms with Gasteiger partial charge in [-0.15, -0.1) is 0 Å². The lowest BCUT2D eigenvalue weighted by Crippen LogP contribution is -2.40. The molecule has 2 aromatic rings. The van der Waals surface area contributed by atoms with E-state index in [1.54, 1.807) is 18.3 Å². The highest BCUT2D eigenvalue weighted by atomic mass is 16.1. The zero-order chi connectivity index (χ0) is 15.1. The van der Waals surface area contributed by atoms with Gasteiger partial charge in [-0.05, 0) is 24.3 Å². The first kappa shape index (κ1) is 12.6. The Labute approximate surface area is 126 Å². The number of amides is 1. The molecular formula is C16H13N5O. The largest absolute Gasteiger partial charge is 0.366 e. The zero-order valence-corrected chi connectivity index (χ0v) is 11.6. The van der Waals surface area contributed by atoms with Crippen molar-refractivity contribution in [2.24, 2.45) is 5.73 Å². The number of benzene rings is 1. The van der Waals surface area contributed by atoms with Crippen molar-refractivity contribution in [1.82, 2.24) is 20.2 Å². The number of fused-ring (bicyclic) bond motifs is 2. The van der Waals surface area contributed by atoms with Crippen molar-refractivity contribution in [2.45, 2.75) is 6.17 Å². The van der Waals surface area contributed by atoms with Crippen molar-refractivity contribution < 1.29 is 4.79 Å². The Kier molecular flexibility index (Phi) is 2.69. The van der Waals surface area contributed by atoms with E-state index in [-0.39, 0.29) is 6.17 Å². The first-order valence-electron chi connectivity index (χ1n) is 6.88. The molecule has 0 saturated carbocycles. The second kappa shape index (κ2) is 4.70. The van der Waals surface area contributed by atoms with Gasteiger partial charge in [0.05, 0.1) is 28.5 Å². The average molecular weight is 291 g/mol. The molecule has 1 aromatic carbocycles. The minimum atomic E-state index is -0.439. The molecule has 2 aliphatic heterocycles. The van der Waals surface area contributed by atoms with E-state index >= 15 is 0 Å². The van der Waals surface area contributed by atoms with Gasteiger partial charge in [-0.25, -0.2) is 4.98 Å². The second-order valence-corrected chi connectivity index (χ2v) is 5.11. The van der Waals surface area contributed by atoms with Gasteiger partial charge in [-0.1, -0.05) is 12.1 Å². The minimum absolute atomic E-state index is 0.286. The number of carbonyl (C=O) groups excluding carboxylic acids is 1. The number of nitrogens with one attached hydrogen (secondary N) is 1. The van der Waals surface area contributed by atoms with Crippen molar-refractivity contribution in [3.05, 3.63) is 66.3 Å². The van der Waals surface area contributed by atoms with Crippen LogP contribution in [0, 0.1) is 0 Å². The van der Waals surface area contributed by atoms with Gasteiger partial charge in [0.2, 0.25) is 5.91 Å². The van der Waals surface area contributed by atoms with E-state index in [9.17, 15) is 4.79 Å². The lowest BCUT2D eigenvalue weighted by atomic mass is 10.1. The van der Waals surface area contributed by atoms with Gasteiger partial charge in [0.25, 0.3) is 0 Å². The van der Waals surface area contributed by atoms with Crippen molar-refractivity contribution >= 4 is 22.6 Å². The standard InChI is InChI=1S/C16H13N5O/c17-15(22)10-4-3-7-21-9-14(20-16(10)21)13-8-18-11-5-1-2-6-12(11)19-13/h1-9,16,20H,(H2,17,22). The monoisotopic (exact) mass is 291 g/mol. The maximum Gasteiger partial charge on any atom is 0.248 e. The van der Waals surface area contributed by atoms with E-state index in [1.165, 1.54) is 0 Å². The highest BCUT2D eigenvalue weighted by Crippen LogP contribution is 2.26. The van der Waals surface area contributed by atoms with Gasteiger partial charge >= 0.3 is 0 Å². The van der Waals surface area contributed by atoms with E-state index in [4.69, 9.17) is 5.73 Å². The number of allylic oxidation sites excluding steroid dienone is 2.